The fourth-order valence-corrected chi connectivity index (χ4v) is 4.91. The molecule has 5 aromatic carbocycles. The number of fused-ring (bicyclic) bond motifs is 2. The van der Waals surface area contributed by atoms with Crippen molar-refractivity contribution >= 4 is 49.1 Å². The molecule has 0 aliphatic heterocycles. The van der Waals surface area contributed by atoms with Gasteiger partial charge in [0.1, 0.15) is 0 Å². The Morgan fingerprint density at radius 2 is 0.964 bits per heavy atom. The predicted molar refractivity (Wildman–Crippen MR) is 125 cm³/mol. The molecule has 0 aliphatic rings. The lowest BCUT2D eigenvalue weighted by atomic mass is 9.86. The minimum atomic E-state index is 0.727. The van der Waals surface area contributed by atoms with E-state index in [0.717, 1.165) is 15.1 Å². The molecule has 0 saturated heterocycles. The van der Waals surface area contributed by atoms with E-state index in [-0.39, 0.29) is 0 Å². The molecule has 2 heteroatoms. The Balaban J connectivity index is 2.00. The molecule has 0 radical (unpaired) electrons. The second kappa shape index (κ2) is 7.09. The van der Waals surface area contributed by atoms with E-state index in [2.05, 4.69) is 101 Å². The minimum absolute atomic E-state index is 0.727. The summed E-state index contributed by atoms with van der Waals surface area (Å²) in [5.41, 5.74) is 4.84. The highest BCUT2D eigenvalue weighted by Gasteiger charge is 2.16. The van der Waals surface area contributed by atoms with Crippen LogP contribution in [0.5, 0.6) is 0 Å². The molecule has 0 nitrogen and oxygen atoms in total. The number of halogens is 2. The number of hydrogen-bond donors (Lipinski definition) is 0. The summed E-state index contributed by atoms with van der Waals surface area (Å²) in [6, 6.07) is 34.0. The Hall–Kier alpha value is -2.61. The zero-order chi connectivity index (χ0) is 19.1. The largest absolute Gasteiger partial charge is 0.0843 e. The maximum Gasteiger partial charge on any atom is 0.0423 e. The van der Waals surface area contributed by atoms with Gasteiger partial charge in [-0.3, -0.25) is 0 Å². The zero-order valence-electron chi connectivity index (χ0n) is 15.0. The average molecular weight is 444 g/mol. The quantitative estimate of drug-likeness (QED) is 0.239. The van der Waals surface area contributed by atoms with Crippen molar-refractivity contribution in [2.24, 2.45) is 0 Å². The summed E-state index contributed by atoms with van der Waals surface area (Å²) in [6.07, 6.45) is 0. The summed E-state index contributed by atoms with van der Waals surface area (Å²) in [7, 11) is 0. The molecule has 0 N–H and O–H groups in total. The van der Waals surface area contributed by atoms with E-state index in [0.29, 0.717) is 0 Å². The highest BCUT2D eigenvalue weighted by atomic mass is 79.9. The summed E-state index contributed by atoms with van der Waals surface area (Å²) in [5.74, 6) is 0. The normalized spacial score (nSPS) is 11.2. The molecule has 0 amide bonds. The molecule has 0 spiro atoms. The van der Waals surface area contributed by atoms with Gasteiger partial charge < -0.3 is 0 Å². The van der Waals surface area contributed by atoms with Crippen molar-refractivity contribution in [3.8, 4) is 22.3 Å². The number of rotatable bonds is 2. The van der Waals surface area contributed by atoms with Gasteiger partial charge in [0, 0.05) is 9.50 Å². The van der Waals surface area contributed by atoms with Crippen LogP contribution in [-0.4, -0.2) is 0 Å². The third-order valence-electron chi connectivity index (χ3n) is 5.15. The lowest BCUT2D eigenvalue weighted by molar-refractivity contribution is 1.62. The molecule has 0 aromatic heterocycles. The summed E-state index contributed by atoms with van der Waals surface area (Å²) >= 11 is 10.0. The van der Waals surface area contributed by atoms with Crippen LogP contribution in [0.15, 0.2) is 102 Å². The van der Waals surface area contributed by atoms with Gasteiger partial charge in [0.15, 0.2) is 0 Å². The maximum absolute atomic E-state index is 6.40. The second-order valence-electron chi connectivity index (χ2n) is 6.87. The molecule has 0 unspecified atom stereocenters. The van der Waals surface area contributed by atoms with Crippen LogP contribution >= 0.6 is 27.5 Å². The van der Waals surface area contributed by atoms with E-state index in [4.69, 9.17) is 11.6 Å². The predicted octanol–water partition coefficient (Wildman–Crippen LogP) is 8.74. The summed E-state index contributed by atoms with van der Waals surface area (Å²) < 4.78 is 0.982. The van der Waals surface area contributed by atoms with Gasteiger partial charge in [0.2, 0.25) is 0 Å². The van der Waals surface area contributed by atoms with Crippen LogP contribution in [0.25, 0.3) is 43.8 Å². The number of benzene rings is 5. The van der Waals surface area contributed by atoms with Gasteiger partial charge in [-0.1, -0.05) is 106 Å². The Bertz CT molecular complexity index is 1250. The van der Waals surface area contributed by atoms with Gasteiger partial charge in [-0.15, -0.1) is 0 Å². The highest BCUT2D eigenvalue weighted by molar-refractivity contribution is 9.10. The first-order valence-electron chi connectivity index (χ1n) is 9.18. The fourth-order valence-electron chi connectivity index (χ4n) is 4.05. The third kappa shape index (κ3) is 2.92. The Morgan fingerprint density at radius 3 is 1.46 bits per heavy atom. The van der Waals surface area contributed by atoms with Crippen LogP contribution in [0.4, 0.5) is 0 Å². The molecule has 0 fully saturated rings. The molecule has 0 atom stereocenters. The van der Waals surface area contributed by atoms with E-state index >= 15 is 0 Å². The molecular formula is C26H16BrCl. The molecule has 0 bridgehead atoms. The van der Waals surface area contributed by atoms with Gasteiger partial charge in [0.05, 0.1) is 0 Å². The van der Waals surface area contributed by atoms with Crippen LogP contribution in [-0.2, 0) is 0 Å². The molecule has 5 rings (SSSR count). The van der Waals surface area contributed by atoms with E-state index in [1.165, 1.54) is 38.2 Å². The third-order valence-corrected chi connectivity index (χ3v) is 5.82. The van der Waals surface area contributed by atoms with Crippen molar-refractivity contribution in [1.29, 1.82) is 0 Å². The first-order valence-corrected chi connectivity index (χ1v) is 10.3. The van der Waals surface area contributed by atoms with E-state index in [9.17, 15) is 0 Å². The van der Waals surface area contributed by atoms with Crippen molar-refractivity contribution < 1.29 is 0 Å². The monoisotopic (exact) mass is 442 g/mol. The van der Waals surface area contributed by atoms with Crippen LogP contribution < -0.4 is 0 Å². The van der Waals surface area contributed by atoms with Crippen LogP contribution in [0, 0.1) is 0 Å². The topological polar surface area (TPSA) is 0 Å². The average Bonchev–Trinajstić information content (AvgIpc) is 2.71. The first kappa shape index (κ1) is 17.5. The van der Waals surface area contributed by atoms with Crippen LogP contribution in [0.2, 0.25) is 5.02 Å². The Labute approximate surface area is 177 Å². The fraction of sp³-hybridized carbons (Fsp3) is 0. The van der Waals surface area contributed by atoms with Crippen molar-refractivity contribution in [2.45, 2.75) is 0 Å². The van der Waals surface area contributed by atoms with Crippen molar-refractivity contribution in [3.05, 3.63) is 107 Å². The van der Waals surface area contributed by atoms with Gasteiger partial charge in [-0.2, -0.15) is 0 Å². The summed E-state index contributed by atoms with van der Waals surface area (Å²) in [4.78, 5) is 0. The van der Waals surface area contributed by atoms with Gasteiger partial charge in [-0.05, 0) is 62.0 Å². The maximum atomic E-state index is 6.40. The first-order chi connectivity index (χ1) is 13.7. The summed E-state index contributed by atoms with van der Waals surface area (Å²) in [6.45, 7) is 0. The van der Waals surface area contributed by atoms with E-state index < -0.39 is 0 Å². The number of hydrogen-bond acceptors (Lipinski definition) is 0. The zero-order valence-corrected chi connectivity index (χ0v) is 17.3. The summed E-state index contributed by atoms with van der Waals surface area (Å²) in [5, 5.41) is 5.69. The van der Waals surface area contributed by atoms with E-state index in [1.807, 2.05) is 12.1 Å². The SMILES string of the molecule is Clc1cc(Br)cc(-c2c3ccccc3c(-c3ccccc3)c3ccccc23)c1. The smallest absolute Gasteiger partial charge is 0.0423 e. The standard InChI is InChI=1S/C26H16BrCl/c27-19-14-18(15-20(28)16-19)26-23-12-6-4-10-21(23)25(17-8-2-1-3-9-17)22-11-5-7-13-24(22)26/h1-16H. The highest BCUT2D eigenvalue weighted by Crippen LogP contribution is 2.44. The lowest BCUT2D eigenvalue weighted by Crippen LogP contribution is -1.90. The molecular weight excluding hydrogens is 428 g/mol. The van der Waals surface area contributed by atoms with Crippen molar-refractivity contribution in [2.75, 3.05) is 0 Å². The lowest BCUT2D eigenvalue weighted by Gasteiger charge is -2.18. The Morgan fingerprint density at radius 1 is 0.500 bits per heavy atom. The second-order valence-corrected chi connectivity index (χ2v) is 8.22. The van der Waals surface area contributed by atoms with Crippen molar-refractivity contribution in [3.63, 3.8) is 0 Å². The Kier molecular flexibility index (Phi) is 4.43. The minimum Gasteiger partial charge on any atom is -0.0843 e. The molecule has 5 aromatic rings. The van der Waals surface area contributed by atoms with Crippen LogP contribution in [0.1, 0.15) is 0 Å². The van der Waals surface area contributed by atoms with Crippen LogP contribution in [0.3, 0.4) is 0 Å². The van der Waals surface area contributed by atoms with Crippen molar-refractivity contribution in [1.82, 2.24) is 0 Å². The molecule has 28 heavy (non-hydrogen) atoms. The molecule has 0 saturated carbocycles. The van der Waals surface area contributed by atoms with Gasteiger partial charge in [-0.25, -0.2) is 0 Å². The van der Waals surface area contributed by atoms with Gasteiger partial charge in [0.25, 0.3) is 0 Å². The molecule has 0 heterocycles. The molecule has 0 aliphatic carbocycles. The van der Waals surface area contributed by atoms with Gasteiger partial charge >= 0.3 is 0 Å². The van der Waals surface area contributed by atoms with E-state index in [1.54, 1.807) is 0 Å². The molecule has 134 valence electrons.